The van der Waals surface area contributed by atoms with Gasteiger partial charge in [-0.05, 0) is 38.4 Å². The highest BCUT2D eigenvalue weighted by molar-refractivity contribution is 6.31. The lowest BCUT2D eigenvalue weighted by Gasteiger charge is -2.23. The number of ether oxygens (including phenoxy) is 1. The molecular weight excluding hydrogens is 320 g/mol. The van der Waals surface area contributed by atoms with Crippen LogP contribution in [0.5, 0.6) is 5.75 Å². The van der Waals surface area contributed by atoms with Crippen molar-refractivity contribution in [1.82, 2.24) is 4.90 Å². The molecule has 1 fully saturated rings. The number of aryl methyl sites for hydroxylation is 1. The third-order valence-electron chi connectivity index (χ3n) is 4.23. The number of carboxylic acids is 1. The van der Waals surface area contributed by atoms with E-state index in [4.69, 9.17) is 21.4 Å². The zero-order chi connectivity index (χ0) is 17.1. The maximum absolute atomic E-state index is 12.5. The molecule has 1 heterocycles. The first kappa shape index (κ1) is 17.6. The SMILES string of the molecule is COc1cc(Cl)c(C)cc1NC(=O)C(C)N1CCC(C(=O)O)C1. The Morgan fingerprint density at radius 2 is 2.17 bits per heavy atom. The van der Waals surface area contributed by atoms with Crippen molar-refractivity contribution in [3.63, 3.8) is 0 Å². The van der Waals surface area contributed by atoms with Crippen molar-refractivity contribution < 1.29 is 19.4 Å². The van der Waals surface area contributed by atoms with Crippen molar-refractivity contribution >= 4 is 29.2 Å². The van der Waals surface area contributed by atoms with Crippen LogP contribution in [0.25, 0.3) is 0 Å². The van der Waals surface area contributed by atoms with Crippen LogP contribution in [-0.4, -0.2) is 48.1 Å². The summed E-state index contributed by atoms with van der Waals surface area (Å²) in [5, 5.41) is 12.5. The normalized spacial score (nSPS) is 19.4. The number of carbonyl (C=O) groups is 2. The lowest BCUT2D eigenvalue weighted by Crippen LogP contribution is -2.41. The van der Waals surface area contributed by atoms with Gasteiger partial charge in [-0.3, -0.25) is 14.5 Å². The van der Waals surface area contributed by atoms with Crippen LogP contribution in [0.4, 0.5) is 5.69 Å². The number of methoxy groups -OCH3 is 1. The fourth-order valence-electron chi connectivity index (χ4n) is 2.67. The Hall–Kier alpha value is -1.79. The number of nitrogens with zero attached hydrogens (tertiary/aromatic N) is 1. The Morgan fingerprint density at radius 3 is 2.74 bits per heavy atom. The number of carbonyl (C=O) groups excluding carboxylic acids is 1. The van der Waals surface area contributed by atoms with Gasteiger partial charge in [0.25, 0.3) is 0 Å². The summed E-state index contributed by atoms with van der Waals surface area (Å²) >= 11 is 6.06. The molecule has 1 aliphatic rings. The molecule has 1 aromatic carbocycles. The number of nitrogens with one attached hydrogen (secondary N) is 1. The van der Waals surface area contributed by atoms with Crippen LogP contribution in [0, 0.1) is 12.8 Å². The number of hydrogen-bond donors (Lipinski definition) is 2. The van der Waals surface area contributed by atoms with E-state index in [0.29, 0.717) is 36.0 Å². The van der Waals surface area contributed by atoms with E-state index in [2.05, 4.69) is 5.32 Å². The second-order valence-electron chi connectivity index (χ2n) is 5.79. The van der Waals surface area contributed by atoms with Crippen LogP contribution in [0.1, 0.15) is 18.9 Å². The monoisotopic (exact) mass is 340 g/mol. The molecule has 1 aromatic rings. The van der Waals surface area contributed by atoms with Crippen LogP contribution < -0.4 is 10.1 Å². The number of benzene rings is 1. The number of halogens is 1. The third-order valence-corrected chi connectivity index (χ3v) is 4.64. The molecule has 126 valence electrons. The summed E-state index contributed by atoms with van der Waals surface area (Å²) in [7, 11) is 1.51. The van der Waals surface area contributed by atoms with Crippen LogP contribution >= 0.6 is 11.6 Å². The third kappa shape index (κ3) is 3.95. The highest BCUT2D eigenvalue weighted by Gasteiger charge is 2.33. The Labute approximate surface area is 140 Å². The van der Waals surface area contributed by atoms with Gasteiger partial charge in [0.15, 0.2) is 0 Å². The molecule has 1 amide bonds. The van der Waals surface area contributed by atoms with E-state index in [9.17, 15) is 9.59 Å². The van der Waals surface area contributed by atoms with Gasteiger partial charge in [-0.15, -0.1) is 0 Å². The molecule has 1 aliphatic heterocycles. The van der Waals surface area contributed by atoms with Crippen molar-refractivity contribution in [1.29, 1.82) is 0 Å². The second kappa shape index (κ2) is 7.19. The first-order chi connectivity index (χ1) is 10.8. The summed E-state index contributed by atoms with van der Waals surface area (Å²) in [5.74, 6) is -0.922. The topological polar surface area (TPSA) is 78.9 Å². The van der Waals surface area contributed by atoms with E-state index in [1.165, 1.54) is 7.11 Å². The van der Waals surface area contributed by atoms with Gasteiger partial charge in [0, 0.05) is 17.6 Å². The number of hydrogen-bond acceptors (Lipinski definition) is 4. The number of likely N-dealkylation sites (tertiary alicyclic amines) is 1. The molecule has 0 radical (unpaired) electrons. The summed E-state index contributed by atoms with van der Waals surface area (Å²) in [6.07, 6.45) is 0.566. The predicted molar refractivity (Wildman–Crippen MR) is 88.1 cm³/mol. The van der Waals surface area contributed by atoms with Crippen molar-refractivity contribution in [2.24, 2.45) is 5.92 Å². The first-order valence-corrected chi connectivity index (χ1v) is 7.83. The van der Waals surface area contributed by atoms with Crippen molar-refractivity contribution in [3.05, 3.63) is 22.7 Å². The predicted octanol–water partition coefficient (Wildman–Crippen LogP) is 2.39. The van der Waals surface area contributed by atoms with Crippen molar-refractivity contribution in [2.75, 3.05) is 25.5 Å². The van der Waals surface area contributed by atoms with Gasteiger partial charge in [-0.1, -0.05) is 11.6 Å². The molecule has 2 atom stereocenters. The molecule has 2 N–H and O–H groups in total. The lowest BCUT2D eigenvalue weighted by atomic mass is 10.1. The fraction of sp³-hybridized carbons (Fsp3) is 0.500. The van der Waals surface area contributed by atoms with Crippen LogP contribution in [0.3, 0.4) is 0 Å². The van der Waals surface area contributed by atoms with E-state index in [-0.39, 0.29) is 5.91 Å². The Bertz CT molecular complexity index is 620. The van der Waals surface area contributed by atoms with Gasteiger partial charge >= 0.3 is 5.97 Å². The van der Waals surface area contributed by atoms with Gasteiger partial charge < -0.3 is 15.2 Å². The summed E-state index contributed by atoms with van der Waals surface area (Å²) in [5.41, 5.74) is 1.39. The van der Waals surface area contributed by atoms with E-state index in [1.54, 1.807) is 19.1 Å². The minimum atomic E-state index is -0.810. The molecule has 0 aliphatic carbocycles. The van der Waals surface area contributed by atoms with Crippen LogP contribution in [0.15, 0.2) is 12.1 Å². The van der Waals surface area contributed by atoms with Crippen LogP contribution in [-0.2, 0) is 9.59 Å². The zero-order valence-corrected chi connectivity index (χ0v) is 14.2. The van der Waals surface area contributed by atoms with Gasteiger partial charge in [-0.25, -0.2) is 0 Å². The summed E-state index contributed by atoms with van der Waals surface area (Å²) in [6.45, 7) is 4.61. The number of rotatable bonds is 5. The molecule has 0 bridgehead atoms. The molecule has 6 nitrogen and oxygen atoms in total. The maximum atomic E-state index is 12.5. The Kier molecular flexibility index (Phi) is 5.49. The smallest absolute Gasteiger partial charge is 0.307 e. The lowest BCUT2D eigenvalue weighted by molar-refractivity contribution is -0.141. The van der Waals surface area contributed by atoms with Gasteiger partial charge in [0.1, 0.15) is 5.75 Å². The number of anilines is 1. The average molecular weight is 341 g/mol. The fourth-order valence-corrected chi connectivity index (χ4v) is 2.83. The standard InChI is InChI=1S/C16H21ClN2O4/c1-9-6-13(14(23-3)7-12(9)17)18-15(20)10(2)19-5-4-11(8-19)16(21)22/h6-7,10-11H,4-5,8H2,1-3H3,(H,18,20)(H,21,22). The molecule has 0 aromatic heterocycles. The zero-order valence-electron chi connectivity index (χ0n) is 13.4. The summed E-state index contributed by atoms with van der Waals surface area (Å²) < 4.78 is 5.25. The van der Waals surface area contributed by atoms with Crippen molar-refractivity contribution in [2.45, 2.75) is 26.3 Å². The van der Waals surface area contributed by atoms with Crippen molar-refractivity contribution in [3.8, 4) is 5.75 Å². The highest BCUT2D eigenvalue weighted by Crippen LogP contribution is 2.31. The second-order valence-corrected chi connectivity index (χ2v) is 6.19. The Balaban J connectivity index is 2.07. The molecule has 0 saturated carbocycles. The van der Waals surface area contributed by atoms with E-state index >= 15 is 0 Å². The maximum Gasteiger partial charge on any atom is 0.307 e. The molecular formula is C16H21ClN2O4. The number of aliphatic carboxylic acids is 1. The molecule has 23 heavy (non-hydrogen) atoms. The Morgan fingerprint density at radius 1 is 1.48 bits per heavy atom. The molecule has 2 rings (SSSR count). The van der Waals surface area contributed by atoms with Gasteiger partial charge in [0.05, 0.1) is 24.8 Å². The minimum Gasteiger partial charge on any atom is -0.495 e. The molecule has 1 saturated heterocycles. The number of carboxylic acid groups (broad SMARTS) is 1. The van der Waals surface area contributed by atoms with Crippen LogP contribution in [0.2, 0.25) is 5.02 Å². The first-order valence-electron chi connectivity index (χ1n) is 7.45. The number of amides is 1. The minimum absolute atomic E-state index is 0.198. The molecule has 7 heteroatoms. The molecule has 0 spiro atoms. The average Bonchev–Trinajstić information content (AvgIpc) is 2.99. The highest BCUT2D eigenvalue weighted by atomic mass is 35.5. The van der Waals surface area contributed by atoms with Gasteiger partial charge in [0.2, 0.25) is 5.91 Å². The van der Waals surface area contributed by atoms with Gasteiger partial charge in [-0.2, -0.15) is 0 Å². The largest absolute Gasteiger partial charge is 0.495 e. The summed E-state index contributed by atoms with van der Waals surface area (Å²) in [6, 6.07) is 3.00. The quantitative estimate of drug-likeness (QED) is 0.860. The summed E-state index contributed by atoms with van der Waals surface area (Å²) in [4.78, 5) is 25.4. The van der Waals surface area contributed by atoms with E-state index in [0.717, 1.165) is 5.56 Å². The van der Waals surface area contributed by atoms with E-state index < -0.39 is 17.9 Å². The van der Waals surface area contributed by atoms with E-state index in [1.807, 2.05) is 11.8 Å². The molecule has 2 unspecified atom stereocenters.